The fourth-order valence-electron chi connectivity index (χ4n) is 5.24. The number of carbonyl (C=O) groups is 2. The molecular formula is C26H34N2O3S2. The number of nitrogens with zero attached hydrogens (tertiary/aromatic N) is 1. The molecule has 2 aromatic heterocycles. The first-order chi connectivity index (χ1) is 15.5. The van der Waals surface area contributed by atoms with Gasteiger partial charge >= 0.3 is 0 Å². The fraction of sp³-hybridized carbons (Fsp3) is 0.577. The van der Waals surface area contributed by atoms with Crippen LogP contribution in [0.1, 0.15) is 63.1 Å². The summed E-state index contributed by atoms with van der Waals surface area (Å²) in [4.78, 5) is 41.1. The first kappa shape index (κ1) is 24.1. The van der Waals surface area contributed by atoms with Gasteiger partial charge in [0.25, 0.3) is 5.56 Å². The van der Waals surface area contributed by atoms with Crippen LogP contribution in [0.5, 0.6) is 0 Å². The third kappa shape index (κ3) is 5.40. The highest BCUT2D eigenvalue weighted by Gasteiger charge is 2.42. The van der Waals surface area contributed by atoms with Gasteiger partial charge in [-0.25, -0.2) is 0 Å². The number of thiazole rings is 1. The molecule has 2 saturated carbocycles. The van der Waals surface area contributed by atoms with Gasteiger partial charge in [-0.3, -0.25) is 19.0 Å². The lowest BCUT2D eigenvalue weighted by Gasteiger charge is -2.28. The van der Waals surface area contributed by atoms with Crippen LogP contribution in [0.25, 0.3) is 12.2 Å². The molecule has 2 aromatic rings. The molecule has 178 valence electrons. The van der Waals surface area contributed by atoms with Crippen molar-refractivity contribution in [1.82, 2.24) is 9.88 Å². The molecule has 2 heterocycles. The second-order valence-corrected chi connectivity index (χ2v) is 13.1. The van der Waals surface area contributed by atoms with Gasteiger partial charge in [-0.15, -0.1) is 22.7 Å². The predicted octanol–water partition coefficient (Wildman–Crippen LogP) is 3.45. The summed E-state index contributed by atoms with van der Waals surface area (Å²) in [5.41, 5.74) is -0.778. The zero-order valence-corrected chi connectivity index (χ0v) is 21.8. The molecule has 2 aliphatic rings. The highest BCUT2D eigenvalue weighted by molar-refractivity contribution is 7.13. The molecule has 2 fully saturated rings. The van der Waals surface area contributed by atoms with Crippen LogP contribution in [0.3, 0.4) is 0 Å². The van der Waals surface area contributed by atoms with Crippen LogP contribution in [-0.2, 0) is 16.1 Å². The number of hydrogen-bond donors (Lipinski definition) is 1. The van der Waals surface area contributed by atoms with Crippen LogP contribution in [0.4, 0.5) is 0 Å². The monoisotopic (exact) mass is 486 g/mol. The standard InChI is InChI=1S/C26H34N2O3S2/c1-15-6-9-19(32-15)12-21-25(31)28(24(33-21)13-22(29)26(3,4)5)14-23(30)27-16(2)20-11-17-7-8-18(20)10-17/h6,9,12-13,16-18,20H,7-8,10-11,14H2,1-5H3,(H,27,30)/b21-12-,24-13?/t16-,17-,18+,20-/m0/s1. The van der Waals surface area contributed by atoms with E-state index in [-0.39, 0.29) is 29.8 Å². The Morgan fingerprint density at radius 2 is 1.97 bits per heavy atom. The lowest BCUT2D eigenvalue weighted by Crippen LogP contribution is -2.44. The van der Waals surface area contributed by atoms with Crippen molar-refractivity contribution in [2.75, 3.05) is 0 Å². The number of fused-ring (bicyclic) bond motifs is 2. The van der Waals surface area contributed by atoms with Crippen molar-refractivity contribution >= 4 is 46.5 Å². The van der Waals surface area contributed by atoms with Crippen LogP contribution < -0.4 is 20.1 Å². The number of amides is 1. The van der Waals surface area contributed by atoms with Crippen LogP contribution >= 0.6 is 22.7 Å². The average molecular weight is 487 g/mol. The second-order valence-electron chi connectivity index (χ2n) is 10.7. The number of aromatic nitrogens is 1. The lowest BCUT2D eigenvalue weighted by molar-refractivity contribution is -0.123. The Morgan fingerprint density at radius 1 is 1.21 bits per heavy atom. The molecule has 4 atom stereocenters. The molecule has 2 aliphatic carbocycles. The molecule has 5 nitrogen and oxygen atoms in total. The van der Waals surface area contributed by atoms with Gasteiger partial charge in [-0.05, 0) is 69.1 Å². The molecule has 0 radical (unpaired) electrons. The molecule has 0 aromatic carbocycles. The Morgan fingerprint density at radius 3 is 2.55 bits per heavy atom. The predicted molar refractivity (Wildman–Crippen MR) is 136 cm³/mol. The fourth-order valence-corrected chi connectivity index (χ4v) is 7.17. The van der Waals surface area contributed by atoms with Gasteiger partial charge < -0.3 is 5.32 Å². The Bertz CT molecular complexity index is 1230. The van der Waals surface area contributed by atoms with Crippen LogP contribution in [0, 0.1) is 30.1 Å². The summed E-state index contributed by atoms with van der Waals surface area (Å²) in [6.07, 6.45) is 8.48. The van der Waals surface area contributed by atoms with E-state index in [1.807, 2.05) is 45.9 Å². The van der Waals surface area contributed by atoms with Crippen molar-refractivity contribution in [1.29, 1.82) is 0 Å². The van der Waals surface area contributed by atoms with Crippen LogP contribution in [-0.4, -0.2) is 22.3 Å². The maximum Gasteiger partial charge on any atom is 0.269 e. The van der Waals surface area contributed by atoms with Gasteiger partial charge in [-0.1, -0.05) is 27.2 Å². The first-order valence-corrected chi connectivity index (χ1v) is 13.5. The summed E-state index contributed by atoms with van der Waals surface area (Å²) in [6, 6.07) is 4.10. The lowest BCUT2D eigenvalue weighted by atomic mass is 9.84. The minimum Gasteiger partial charge on any atom is -0.352 e. The molecule has 0 spiro atoms. The summed E-state index contributed by atoms with van der Waals surface area (Å²) in [5, 5.41) is 3.15. The number of hydrogen-bond acceptors (Lipinski definition) is 5. The number of thiophene rings is 1. The van der Waals surface area contributed by atoms with Gasteiger partial charge in [0.2, 0.25) is 5.91 Å². The molecular weight excluding hydrogens is 452 g/mol. The highest BCUT2D eigenvalue weighted by atomic mass is 32.1. The number of nitrogens with one attached hydrogen (secondary N) is 1. The number of aryl methyl sites for hydroxylation is 1. The molecule has 4 rings (SSSR count). The summed E-state index contributed by atoms with van der Waals surface area (Å²) >= 11 is 2.89. The Kier molecular flexibility index (Phi) is 6.83. The summed E-state index contributed by atoms with van der Waals surface area (Å²) in [5.74, 6) is 1.85. The normalized spacial score (nSPS) is 24.5. The summed E-state index contributed by atoms with van der Waals surface area (Å²) in [6.45, 7) is 9.61. The molecule has 1 amide bonds. The van der Waals surface area contributed by atoms with Crippen molar-refractivity contribution < 1.29 is 9.59 Å². The third-order valence-electron chi connectivity index (χ3n) is 7.09. The topological polar surface area (TPSA) is 68.2 Å². The van der Waals surface area contributed by atoms with E-state index in [0.717, 1.165) is 16.7 Å². The van der Waals surface area contributed by atoms with E-state index in [1.54, 1.807) is 11.3 Å². The van der Waals surface area contributed by atoms with Gasteiger partial charge in [0, 0.05) is 27.3 Å². The van der Waals surface area contributed by atoms with Crippen LogP contribution in [0.15, 0.2) is 16.9 Å². The Labute approximate surface area is 203 Å². The molecule has 1 N–H and O–H groups in total. The highest BCUT2D eigenvalue weighted by Crippen LogP contribution is 2.49. The maximum absolute atomic E-state index is 13.2. The van der Waals surface area contributed by atoms with E-state index in [9.17, 15) is 14.4 Å². The van der Waals surface area contributed by atoms with Crippen molar-refractivity contribution in [3.05, 3.63) is 41.4 Å². The zero-order chi connectivity index (χ0) is 23.9. The average Bonchev–Trinajstić information content (AvgIpc) is 3.50. The number of ketones is 1. The molecule has 0 saturated heterocycles. The SMILES string of the molecule is Cc1ccc(/C=c2\sc(=CC(=O)C(C)(C)C)n(CC(=O)N[C@@H](C)[C@@H]3C[C@H]4CC[C@@H]3C4)c2=O)s1. The van der Waals surface area contributed by atoms with Gasteiger partial charge in [0.05, 0.1) is 4.53 Å². The quantitative estimate of drug-likeness (QED) is 0.680. The van der Waals surface area contributed by atoms with E-state index >= 15 is 0 Å². The zero-order valence-electron chi connectivity index (χ0n) is 20.1. The molecule has 0 aliphatic heterocycles. The van der Waals surface area contributed by atoms with Crippen molar-refractivity contribution in [2.24, 2.45) is 23.2 Å². The summed E-state index contributed by atoms with van der Waals surface area (Å²) < 4.78 is 2.53. The summed E-state index contributed by atoms with van der Waals surface area (Å²) in [7, 11) is 0. The van der Waals surface area contributed by atoms with Gasteiger partial charge in [-0.2, -0.15) is 0 Å². The minimum atomic E-state index is -0.557. The number of carbonyl (C=O) groups excluding carboxylic acids is 2. The van der Waals surface area contributed by atoms with E-state index in [4.69, 9.17) is 0 Å². The largest absolute Gasteiger partial charge is 0.352 e. The van der Waals surface area contributed by atoms with Gasteiger partial charge in [0.15, 0.2) is 5.78 Å². The number of Topliss-reactive ketones (excluding diaryl/α,β-unsaturated/α-hetero) is 1. The van der Waals surface area contributed by atoms with Crippen molar-refractivity contribution in [3.8, 4) is 0 Å². The smallest absolute Gasteiger partial charge is 0.269 e. The minimum absolute atomic E-state index is 0.0632. The van der Waals surface area contributed by atoms with E-state index in [1.165, 1.54) is 52.5 Å². The van der Waals surface area contributed by atoms with Crippen molar-refractivity contribution in [3.63, 3.8) is 0 Å². The Hall–Kier alpha value is -1.99. The third-order valence-corrected chi connectivity index (χ3v) is 9.10. The van der Waals surface area contributed by atoms with E-state index in [2.05, 4.69) is 12.2 Å². The molecule has 0 unspecified atom stereocenters. The number of rotatable bonds is 6. The van der Waals surface area contributed by atoms with E-state index in [0.29, 0.717) is 15.1 Å². The first-order valence-electron chi connectivity index (χ1n) is 11.8. The Balaban J connectivity index is 1.62. The molecule has 2 bridgehead atoms. The molecule has 7 heteroatoms. The van der Waals surface area contributed by atoms with Crippen molar-refractivity contribution in [2.45, 2.75) is 72.9 Å². The molecule has 33 heavy (non-hydrogen) atoms. The van der Waals surface area contributed by atoms with E-state index < -0.39 is 5.41 Å². The maximum atomic E-state index is 13.2. The second kappa shape index (κ2) is 9.34. The van der Waals surface area contributed by atoms with Crippen LogP contribution in [0.2, 0.25) is 0 Å². The van der Waals surface area contributed by atoms with Gasteiger partial charge in [0.1, 0.15) is 11.2 Å².